The van der Waals surface area contributed by atoms with Gasteiger partial charge in [-0.1, -0.05) is 26.8 Å². The number of carbonyl (C=O) groups excluding carboxylic acids is 1. The quantitative estimate of drug-likeness (QED) is 0.802. The van der Waals surface area contributed by atoms with E-state index in [0.717, 1.165) is 37.2 Å². The van der Waals surface area contributed by atoms with E-state index in [9.17, 15) is 14.7 Å². The Bertz CT molecular complexity index is 794. The molecular weight excluding hydrogens is 356 g/mol. The summed E-state index contributed by atoms with van der Waals surface area (Å²) in [5, 5.41) is 9.55. The van der Waals surface area contributed by atoms with Gasteiger partial charge in [0, 0.05) is 31.7 Å². The predicted octanol–water partition coefficient (Wildman–Crippen LogP) is 3.49. The first-order valence-corrected chi connectivity index (χ1v) is 10.3. The molecule has 1 amide bonds. The third-order valence-electron chi connectivity index (χ3n) is 6.41. The van der Waals surface area contributed by atoms with Crippen molar-refractivity contribution in [3.8, 4) is 0 Å². The van der Waals surface area contributed by atoms with E-state index in [2.05, 4.69) is 31.7 Å². The predicted molar refractivity (Wildman–Crippen MR) is 106 cm³/mol. The zero-order valence-corrected chi connectivity index (χ0v) is 17.0. The van der Waals surface area contributed by atoms with Gasteiger partial charge in [-0.05, 0) is 47.8 Å². The highest BCUT2D eigenvalue weighted by atomic mass is 16.5. The van der Waals surface area contributed by atoms with Crippen LogP contribution < -0.4 is 0 Å². The maximum absolute atomic E-state index is 11.9. The average Bonchev–Trinajstić information content (AvgIpc) is 3.41. The highest BCUT2D eigenvalue weighted by Gasteiger charge is 2.38. The number of nitrogens with zero attached hydrogens (tertiary/aromatic N) is 2. The van der Waals surface area contributed by atoms with Gasteiger partial charge in [0.2, 0.25) is 0 Å². The number of benzene rings is 1. The van der Waals surface area contributed by atoms with Crippen LogP contribution in [0.2, 0.25) is 0 Å². The highest BCUT2D eigenvalue weighted by Crippen LogP contribution is 2.45. The van der Waals surface area contributed by atoms with Gasteiger partial charge >= 0.3 is 12.1 Å². The van der Waals surface area contributed by atoms with E-state index in [1.165, 1.54) is 24.0 Å². The minimum atomic E-state index is -0.820. The lowest BCUT2D eigenvalue weighted by Crippen LogP contribution is -2.59. The zero-order chi connectivity index (χ0) is 20.1. The number of hydrogen-bond acceptors (Lipinski definition) is 4. The Morgan fingerprint density at radius 1 is 1.25 bits per heavy atom. The minimum absolute atomic E-state index is 0.00676. The van der Waals surface area contributed by atoms with Crippen molar-refractivity contribution < 1.29 is 19.4 Å². The van der Waals surface area contributed by atoms with E-state index < -0.39 is 6.09 Å². The van der Waals surface area contributed by atoms with Gasteiger partial charge in [-0.25, -0.2) is 9.59 Å². The fourth-order valence-corrected chi connectivity index (χ4v) is 4.67. The summed E-state index contributed by atoms with van der Waals surface area (Å²) in [5.41, 5.74) is 4.43. The molecule has 6 nitrogen and oxygen atoms in total. The lowest BCUT2D eigenvalue weighted by Gasteiger charge is -2.46. The molecular formula is C22H30N2O4. The van der Waals surface area contributed by atoms with Crippen LogP contribution in [0.1, 0.15) is 66.6 Å². The summed E-state index contributed by atoms with van der Waals surface area (Å²) < 4.78 is 5.27. The molecule has 2 fully saturated rings. The number of piperazine rings is 1. The maximum atomic E-state index is 11.9. The molecule has 152 valence electrons. The summed E-state index contributed by atoms with van der Waals surface area (Å²) >= 11 is 0. The third-order valence-corrected chi connectivity index (χ3v) is 6.41. The normalized spacial score (nSPS) is 22.9. The fraction of sp³-hybridized carbons (Fsp3) is 0.636. The van der Waals surface area contributed by atoms with Gasteiger partial charge in [-0.15, -0.1) is 0 Å². The van der Waals surface area contributed by atoms with Crippen molar-refractivity contribution in [3.63, 3.8) is 0 Å². The molecule has 0 spiro atoms. The highest BCUT2D eigenvalue weighted by molar-refractivity contribution is 5.94. The number of rotatable bonds is 4. The number of carboxylic acid groups (broad SMARTS) is 1. The molecule has 2 aliphatic heterocycles. The molecule has 0 bridgehead atoms. The second-order valence-electron chi connectivity index (χ2n) is 9.42. The molecule has 1 aromatic carbocycles. The molecule has 2 heterocycles. The van der Waals surface area contributed by atoms with Crippen LogP contribution >= 0.6 is 0 Å². The molecule has 4 rings (SSSR count). The lowest BCUT2D eigenvalue weighted by molar-refractivity contribution is 0.0221. The molecule has 28 heavy (non-hydrogen) atoms. The molecule has 1 saturated heterocycles. The van der Waals surface area contributed by atoms with Gasteiger partial charge < -0.3 is 14.7 Å². The van der Waals surface area contributed by atoms with Gasteiger partial charge in [-0.2, -0.15) is 0 Å². The van der Waals surface area contributed by atoms with E-state index in [1.54, 1.807) is 4.90 Å². The lowest BCUT2D eigenvalue weighted by atomic mass is 9.84. The Morgan fingerprint density at radius 2 is 2.00 bits per heavy atom. The number of cyclic esters (lactones) is 1. The summed E-state index contributed by atoms with van der Waals surface area (Å²) in [7, 11) is 0. The minimum Gasteiger partial charge on any atom is -0.465 e. The molecule has 1 unspecified atom stereocenters. The van der Waals surface area contributed by atoms with Crippen LogP contribution in [-0.2, 0) is 17.8 Å². The van der Waals surface area contributed by atoms with Crippen molar-refractivity contribution in [3.05, 3.63) is 34.4 Å². The first kappa shape index (κ1) is 19.2. The van der Waals surface area contributed by atoms with Crippen molar-refractivity contribution in [2.45, 2.75) is 58.6 Å². The van der Waals surface area contributed by atoms with Gasteiger partial charge in [0.1, 0.15) is 6.61 Å². The third kappa shape index (κ3) is 3.62. The van der Waals surface area contributed by atoms with Crippen LogP contribution in [-0.4, -0.2) is 59.2 Å². The van der Waals surface area contributed by atoms with Crippen molar-refractivity contribution in [2.24, 2.45) is 5.41 Å². The summed E-state index contributed by atoms with van der Waals surface area (Å²) in [6.45, 7) is 9.74. The smallest absolute Gasteiger partial charge is 0.407 e. The second kappa shape index (κ2) is 7.07. The van der Waals surface area contributed by atoms with Gasteiger partial charge in [0.05, 0.1) is 11.6 Å². The monoisotopic (exact) mass is 386 g/mol. The molecule has 0 aromatic heterocycles. The topological polar surface area (TPSA) is 70.1 Å². The van der Waals surface area contributed by atoms with Gasteiger partial charge in [0.25, 0.3) is 0 Å². The molecule has 1 aliphatic carbocycles. The van der Waals surface area contributed by atoms with Crippen LogP contribution in [0.5, 0.6) is 0 Å². The average molecular weight is 386 g/mol. The molecule has 1 N–H and O–H groups in total. The zero-order valence-electron chi connectivity index (χ0n) is 17.0. The standard InChI is InChI=1S/C22H30N2O4/c1-22(2,3)18-12-23(10-11-24(18)21(26)27)9-8-15-6-7-16-17(13-28-20(16)25)19(15)14-4-5-14/h6-7,14,18H,4-5,8-13H2,1-3H3,(H,26,27). The van der Waals surface area contributed by atoms with Crippen molar-refractivity contribution >= 4 is 12.1 Å². The number of esters is 1. The molecule has 1 saturated carbocycles. The van der Waals surface area contributed by atoms with Crippen LogP contribution in [0.3, 0.4) is 0 Å². The number of carbonyl (C=O) groups is 2. The van der Waals surface area contributed by atoms with E-state index in [-0.39, 0.29) is 17.4 Å². The summed E-state index contributed by atoms with van der Waals surface area (Å²) in [6.07, 6.45) is 2.50. The number of ether oxygens (including phenoxy) is 1. The van der Waals surface area contributed by atoms with E-state index in [1.807, 2.05) is 6.07 Å². The summed E-state index contributed by atoms with van der Waals surface area (Å²) in [6, 6.07) is 4.02. The van der Waals surface area contributed by atoms with E-state index in [0.29, 0.717) is 19.1 Å². The largest absolute Gasteiger partial charge is 0.465 e. The van der Waals surface area contributed by atoms with Crippen molar-refractivity contribution in [1.29, 1.82) is 0 Å². The molecule has 0 radical (unpaired) electrons. The first-order valence-electron chi connectivity index (χ1n) is 10.3. The Labute approximate surface area is 166 Å². The summed E-state index contributed by atoms with van der Waals surface area (Å²) in [5.74, 6) is 0.381. The molecule has 6 heteroatoms. The number of amides is 1. The fourth-order valence-electron chi connectivity index (χ4n) is 4.67. The first-order chi connectivity index (χ1) is 13.3. The van der Waals surface area contributed by atoms with Crippen molar-refractivity contribution in [1.82, 2.24) is 9.80 Å². The summed E-state index contributed by atoms with van der Waals surface area (Å²) in [4.78, 5) is 27.5. The number of fused-ring (bicyclic) bond motifs is 1. The van der Waals surface area contributed by atoms with E-state index in [4.69, 9.17) is 4.74 Å². The van der Waals surface area contributed by atoms with Crippen LogP contribution in [0.25, 0.3) is 0 Å². The van der Waals surface area contributed by atoms with Gasteiger partial charge in [-0.3, -0.25) is 4.90 Å². The molecule has 3 aliphatic rings. The Hall–Kier alpha value is -2.08. The van der Waals surface area contributed by atoms with Crippen LogP contribution in [0.4, 0.5) is 4.79 Å². The van der Waals surface area contributed by atoms with Crippen LogP contribution in [0, 0.1) is 5.41 Å². The Morgan fingerprint density at radius 3 is 2.64 bits per heavy atom. The Balaban J connectivity index is 1.48. The maximum Gasteiger partial charge on any atom is 0.407 e. The SMILES string of the molecule is CC(C)(C)C1CN(CCc2ccc3c(c2C2CC2)COC3=O)CCN1C(=O)O. The Kier molecular flexibility index (Phi) is 4.86. The number of hydrogen-bond donors (Lipinski definition) is 1. The van der Waals surface area contributed by atoms with Crippen molar-refractivity contribution in [2.75, 3.05) is 26.2 Å². The van der Waals surface area contributed by atoms with Gasteiger partial charge in [0.15, 0.2) is 0 Å². The molecule has 1 atom stereocenters. The second-order valence-corrected chi connectivity index (χ2v) is 9.42. The molecule has 1 aromatic rings. The van der Waals surface area contributed by atoms with Crippen LogP contribution in [0.15, 0.2) is 12.1 Å². The van der Waals surface area contributed by atoms with E-state index >= 15 is 0 Å².